The van der Waals surface area contributed by atoms with E-state index in [1.165, 1.54) is 43.4 Å². The number of hydrogen-bond acceptors (Lipinski definition) is 0. The van der Waals surface area contributed by atoms with Crippen LogP contribution >= 0.6 is 0 Å². The van der Waals surface area contributed by atoms with Crippen molar-refractivity contribution in [3.8, 4) is 0 Å². The van der Waals surface area contributed by atoms with Crippen LogP contribution in [0.15, 0.2) is 60.7 Å². The van der Waals surface area contributed by atoms with E-state index in [4.69, 9.17) is 0 Å². The van der Waals surface area contributed by atoms with Crippen LogP contribution in [-0.4, -0.2) is 0 Å². The molecule has 0 heterocycles. The van der Waals surface area contributed by atoms with Crippen LogP contribution in [0.5, 0.6) is 0 Å². The second-order valence-electron chi connectivity index (χ2n) is 7.59. The molecule has 0 aliphatic carbocycles. The van der Waals surface area contributed by atoms with E-state index in [1.807, 2.05) is 55.4 Å². The third-order valence-corrected chi connectivity index (χ3v) is 4.89. The smallest absolute Gasteiger partial charge is 0.00989 e. The molecular weight excluding hydrogens is 372 g/mol. The lowest BCUT2D eigenvalue weighted by Gasteiger charge is -2.23. The molecule has 0 atom stereocenters. The van der Waals surface area contributed by atoms with Crippen molar-refractivity contribution in [3.05, 3.63) is 71.8 Å². The highest BCUT2D eigenvalue weighted by Gasteiger charge is 2.17. The molecule has 0 amide bonds. The summed E-state index contributed by atoms with van der Waals surface area (Å²) in [6.07, 6.45) is 0. The van der Waals surface area contributed by atoms with Gasteiger partial charge in [-0.25, -0.2) is 0 Å². The number of hydrogen-bond donors (Lipinski definition) is 0. The van der Waals surface area contributed by atoms with Crippen LogP contribution in [0.4, 0.5) is 0 Å². The molecule has 0 fully saturated rings. The van der Waals surface area contributed by atoms with E-state index >= 15 is 0 Å². The first kappa shape index (κ1) is 28.7. The second kappa shape index (κ2) is 13.9. The Morgan fingerprint density at radius 2 is 0.968 bits per heavy atom. The average molecular weight is 419 g/mol. The molecule has 170 valence electrons. The van der Waals surface area contributed by atoms with Crippen LogP contribution in [0, 0.1) is 6.92 Å². The Morgan fingerprint density at radius 1 is 0.484 bits per heavy atom. The first-order chi connectivity index (χ1) is 14.9. The van der Waals surface area contributed by atoms with Crippen molar-refractivity contribution in [2.75, 3.05) is 0 Å². The van der Waals surface area contributed by atoms with Crippen molar-refractivity contribution in [3.63, 3.8) is 0 Å². The van der Waals surface area contributed by atoms with E-state index in [2.05, 4.69) is 88.4 Å². The number of fused-ring (bicyclic) bond motifs is 5. The maximum Gasteiger partial charge on any atom is -0.00989 e. The molecule has 0 bridgehead atoms. The fourth-order valence-electron chi connectivity index (χ4n) is 3.79. The Kier molecular flexibility index (Phi) is 12.8. The summed E-state index contributed by atoms with van der Waals surface area (Å²) in [4.78, 5) is 0. The average Bonchev–Trinajstić information content (AvgIpc) is 2.83. The molecule has 0 N–H and O–H groups in total. The van der Waals surface area contributed by atoms with E-state index < -0.39 is 0 Å². The summed E-state index contributed by atoms with van der Waals surface area (Å²) in [6, 6.07) is 22.5. The molecule has 0 saturated heterocycles. The monoisotopic (exact) mass is 418 g/mol. The highest BCUT2D eigenvalue weighted by Crippen LogP contribution is 2.35. The van der Waals surface area contributed by atoms with Crippen molar-refractivity contribution >= 4 is 32.3 Å². The molecule has 0 spiro atoms. The van der Waals surface area contributed by atoms with Gasteiger partial charge in [-0.05, 0) is 55.8 Å². The van der Waals surface area contributed by atoms with Crippen molar-refractivity contribution in [2.24, 2.45) is 0 Å². The minimum Gasteiger partial charge on any atom is -0.0683 e. The van der Waals surface area contributed by atoms with Gasteiger partial charge in [0.1, 0.15) is 0 Å². The van der Waals surface area contributed by atoms with Gasteiger partial charge in [-0.2, -0.15) is 0 Å². The number of rotatable bonds is 0. The van der Waals surface area contributed by atoms with Crippen molar-refractivity contribution in [2.45, 2.75) is 88.5 Å². The topological polar surface area (TPSA) is 0 Å². The highest BCUT2D eigenvalue weighted by molar-refractivity contribution is 6.17. The summed E-state index contributed by atoms with van der Waals surface area (Å²) < 4.78 is 0. The van der Waals surface area contributed by atoms with Gasteiger partial charge < -0.3 is 0 Å². The second-order valence-corrected chi connectivity index (χ2v) is 7.59. The lowest BCUT2D eigenvalue weighted by atomic mass is 9.82. The quantitative estimate of drug-likeness (QED) is 0.249. The van der Waals surface area contributed by atoms with Crippen LogP contribution in [-0.2, 0) is 5.41 Å². The molecular formula is C31H46. The normalized spacial score (nSPS) is 9.94. The lowest BCUT2D eigenvalue weighted by molar-refractivity contribution is 0.587. The van der Waals surface area contributed by atoms with Crippen molar-refractivity contribution < 1.29 is 0 Å². The summed E-state index contributed by atoms with van der Waals surface area (Å²) in [5, 5.41) is 8.04. The third-order valence-electron chi connectivity index (χ3n) is 4.89. The Labute approximate surface area is 192 Å². The molecule has 0 aliphatic heterocycles. The van der Waals surface area contributed by atoms with Gasteiger partial charge in [0, 0.05) is 0 Å². The van der Waals surface area contributed by atoms with Crippen LogP contribution in [0.3, 0.4) is 0 Å². The van der Waals surface area contributed by atoms with E-state index in [0.29, 0.717) is 0 Å². The van der Waals surface area contributed by atoms with Gasteiger partial charge >= 0.3 is 0 Å². The zero-order valence-electron chi connectivity index (χ0n) is 22.3. The maximum atomic E-state index is 2.37. The molecule has 0 saturated carbocycles. The van der Waals surface area contributed by atoms with Crippen LogP contribution in [0.1, 0.15) is 87.3 Å². The molecule has 4 aromatic rings. The predicted molar refractivity (Wildman–Crippen MR) is 148 cm³/mol. The largest absolute Gasteiger partial charge is 0.0683 e. The molecule has 0 heteroatoms. The summed E-state index contributed by atoms with van der Waals surface area (Å²) in [5.74, 6) is 0. The van der Waals surface area contributed by atoms with Gasteiger partial charge in [0.15, 0.2) is 0 Å². The van der Waals surface area contributed by atoms with Gasteiger partial charge in [0.25, 0.3) is 0 Å². The van der Waals surface area contributed by atoms with Crippen molar-refractivity contribution in [1.82, 2.24) is 0 Å². The number of aryl methyl sites for hydroxylation is 1. The zero-order chi connectivity index (χ0) is 24.2. The fourth-order valence-corrected chi connectivity index (χ4v) is 3.79. The van der Waals surface area contributed by atoms with Crippen LogP contribution < -0.4 is 0 Å². The minimum atomic E-state index is 0.177. The first-order valence-electron chi connectivity index (χ1n) is 12.3. The van der Waals surface area contributed by atoms with E-state index in [0.717, 1.165) is 0 Å². The molecule has 0 aliphatic rings. The molecule has 31 heavy (non-hydrogen) atoms. The standard InChI is InChI=1S/C23H22.4C2H6/c1-15-13-21-17(14-22(15)23(2,3)4)10-12-19-18-8-6-5-7-16(18)9-11-20(19)21;4*1-2/h5-14H,1-4H3;4*1-2H3. The third kappa shape index (κ3) is 6.57. The number of benzene rings is 4. The van der Waals surface area contributed by atoms with Gasteiger partial charge in [0.05, 0.1) is 0 Å². The Bertz CT molecular complexity index is 1050. The SMILES string of the molecule is CC.CC.CC.CC.Cc1cc2c(ccc3c4ccccc4ccc23)cc1C(C)(C)C. The van der Waals surface area contributed by atoms with E-state index in [9.17, 15) is 0 Å². The minimum absolute atomic E-state index is 0.177. The van der Waals surface area contributed by atoms with Gasteiger partial charge in [-0.3, -0.25) is 0 Å². The summed E-state index contributed by atoms with van der Waals surface area (Å²) in [5.41, 5.74) is 2.99. The first-order valence-corrected chi connectivity index (χ1v) is 12.3. The molecule has 4 rings (SSSR count). The van der Waals surface area contributed by atoms with Gasteiger partial charge in [-0.1, -0.05) is 137 Å². The predicted octanol–water partition coefficient (Wildman–Crippen LogP) is 10.9. The van der Waals surface area contributed by atoms with Crippen LogP contribution in [0.2, 0.25) is 0 Å². The Hall–Kier alpha value is -2.34. The van der Waals surface area contributed by atoms with Crippen molar-refractivity contribution in [1.29, 1.82) is 0 Å². The maximum absolute atomic E-state index is 2.37. The summed E-state index contributed by atoms with van der Waals surface area (Å²) in [6.45, 7) is 25.1. The van der Waals surface area contributed by atoms with Crippen LogP contribution in [0.25, 0.3) is 32.3 Å². The Balaban J connectivity index is 0.00000102. The molecule has 0 nitrogen and oxygen atoms in total. The van der Waals surface area contributed by atoms with Gasteiger partial charge in [0.2, 0.25) is 0 Å². The summed E-state index contributed by atoms with van der Waals surface area (Å²) in [7, 11) is 0. The highest BCUT2D eigenvalue weighted by atomic mass is 14.2. The summed E-state index contributed by atoms with van der Waals surface area (Å²) >= 11 is 0. The molecule has 0 unspecified atom stereocenters. The van der Waals surface area contributed by atoms with E-state index in [1.54, 1.807) is 0 Å². The molecule has 4 aromatic carbocycles. The van der Waals surface area contributed by atoms with E-state index in [-0.39, 0.29) is 5.41 Å². The molecule has 0 radical (unpaired) electrons. The Morgan fingerprint density at radius 3 is 1.52 bits per heavy atom. The fraction of sp³-hybridized carbons (Fsp3) is 0.419. The zero-order valence-corrected chi connectivity index (χ0v) is 22.3. The van der Waals surface area contributed by atoms with Gasteiger partial charge in [-0.15, -0.1) is 0 Å². The molecule has 0 aromatic heterocycles. The lowest BCUT2D eigenvalue weighted by Crippen LogP contribution is -2.12.